The van der Waals surface area contributed by atoms with Crippen molar-refractivity contribution in [3.8, 4) is 0 Å². The van der Waals surface area contributed by atoms with Gasteiger partial charge in [0.25, 0.3) is 5.91 Å². The van der Waals surface area contributed by atoms with Crippen LogP contribution in [0.4, 0.5) is 23.2 Å². The number of rotatable bonds is 7. The Hall–Kier alpha value is -3.76. The molecule has 0 aliphatic heterocycles. The predicted molar refractivity (Wildman–Crippen MR) is 126 cm³/mol. The van der Waals surface area contributed by atoms with Crippen LogP contribution in [0.3, 0.4) is 0 Å². The summed E-state index contributed by atoms with van der Waals surface area (Å²) in [6, 6.07) is 3.37. The van der Waals surface area contributed by atoms with E-state index in [0.717, 1.165) is 35.6 Å². The SMILES string of the molecule is O=C(NC1CCC(F)(F)CC1)C(c1cncc(F)c1)N(C(=O)c1cnc[nH]1)c1ccc(C2CC2)cc1F. The number of nitrogens with zero attached hydrogens (tertiary/aromatic N) is 3. The van der Waals surface area contributed by atoms with Gasteiger partial charge in [0.15, 0.2) is 0 Å². The van der Waals surface area contributed by atoms with Gasteiger partial charge < -0.3 is 10.3 Å². The summed E-state index contributed by atoms with van der Waals surface area (Å²) in [6.45, 7) is 0. The number of hydrogen-bond donors (Lipinski definition) is 2. The zero-order valence-electron chi connectivity index (χ0n) is 19.8. The fourth-order valence-corrected chi connectivity index (χ4v) is 4.72. The molecule has 0 radical (unpaired) electrons. The third-order valence-corrected chi connectivity index (χ3v) is 6.84. The summed E-state index contributed by atoms with van der Waals surface area (Å²) in [5.41, 5.74) is 0.567. The topological polar surface area (TPSA) is 91.0 Å². The van der Waals surface area contributed by atoms with Gasteiger partial charge in [-0.15, -0.1) is 0 Å². The summed E-state index contributed by atoms with van der Waals surface area (Å²) < 4.78 is 57.1. The van der Waals surface area contributed by atoms with Gasteiger partial charge in [-0.3, -0.25) is 19.5 Å². The summed E-state index contributed by atoms with van der Waals surface area (Å²) in [6.07, 6.45) is 5.81. The van der Waals surface area contributed by atoms with E-state index in [4.69, 9.17) is 0 Å². The van der Waals surface area contributed by atoms with Gasteiger partial charge in [-0.05, 0) is 55.4 Å². The molecule has 2 fully saturated rings. The van der Waals surface area contributed by atoms with Crippen molar-refractivity contribution >= 4 is 17.5 Å². The van der Waals surface area contributed by atoms with Crippen LogP contribution in [-0.2, 0) is 4.79 Å². The lowest BCUT2D eigenvalue weighted by atomic mass is 9.91. The minimum absolute atomic E-state index is 0.00262. The highest BCUT2D eigenvalue weighted by Crippen LogP contribution is 2.42. The molecule has 194 valence electrons. The molecule has 2 heterocycles. The van der Waals surface area contributed by atoms with Crippen LogP contribution >= 0.6 is 0 Å². The molecule has 1 aromatic carbocycles. The molecule has 0 bridgehead atoms. The number of amides is 2. The van der Waals surface area contributed by atoms with E-state index in [-0.39, 0.29) is 35.7 Å². The van der Waals surface area contributed by atoms with Crippen LogP contribution in [0.5, 0.6) is 0 Å². The fraction of sp³-hybridized carbons (Fsp3) is 0.385. The zero-order valence-corrected chi connectivity index (χ0v) is 19.8. The van der Waals surface area contributed by atoms with E-state index >= 15 is 4.39 Å². The minimum atomic E-state index is -2.80. The Morgan fingerprint density at radius 2 is 1.78 bits per heavy atom. The number of anilines is 1. The standard InChI is InChI=1S/C26H25F4N5O2/c27-18-9-17(11-31-12-18)23(24(36)34-19-5-7-26(29,30)8-6-19)35(25(37)21-13-32-14-33-21)22-4-3-16(10-20(22)28)15-1-2-15/h3-4,9-15,19,23H,1-2,5-8H2,(H,32,33)(H,34,36). The smallest absolute Gasteiger partial charge is 0.277 e. The highest BCUT2D eigenvalue weighted by Gasteiger charge is 2.40. The van der Waals surface area contributed by atoms with Crippen molar-refractivity contribution in [1.29, 1.82) is 0 Å². The maximum Gasteiger partial charge on any atom is 0.277 e. The summed E-state index contributed by atoms with van der Waals surface area (Å²) >= 11 is 0. The number of hydrogen-bond acceptors (Lipinski definition) is 4. The molecule has 11 heteroatoms. The normalized spacial score (nSPS) is 18.3. The first-order valence-corrected chi connectivity index (χ1v) is 12.1. The number of benzene rings is 1. The van der Waals surface area contributed by atoms with Gasteiger partial charge in [-0.25, -0.2) is 22.5 Å². The molecule has 1 atom stereocenters. The number of aromatic amines is 1. The zero-order chi connectivity index (χ0) is 26.2. The Morgan fingerprint density at radius 1 is 1.03 bits per heavy atom. The maximum atomic E-state index is 15.5. The molecule has 2 aliphatic carbocycles. The Balaban J connectivity index is 1.56. The number of alkyl halides is 2. The van der Waals surface area contributed by atoms with Crippen LogP contribution in [0.25, 0.3) is 0 Å². The summed E-state index contributed by atoms with van der Waals surface area (Å²) in [5.74, 6) is -5.59. The lowest BCUT2D eigenvalue weighted by Crippen LogP contribution is -2.48. The number of imidazole rings is 1. The van der Waals surface area contributed by atoms with Crippen molar-refractivity contribution < 1.29 is 27.2 Å². The van der Waals surface area contributed by atoms with Gasteiger partial charge in [-0.2, -0.15) is 0 Å². The highest BCUT2D eigenvalue weighted by molar-refractivity contribution is 6.09. The fourth-order valence-electron chi connectivity index (χ4n) is 4.72. The van der Waals surface area contributed by atoms with Crippen LogP contribution in [-0.4, -0.2) is 38.7 Å². The van der Waals surface area contributed by atoms with E-state index < -0.39 is 54.3 Å². The van der Waals surface area contributed by atoms with E-state index in [1.54, 1.807) is 6.07 Å². The van der Waals surface area contributed by atoms with Crippen LogP contribution < -0.4 is 10.2 Å². The molecule has 2 saturated carbocycles. The maximum absolute atomic E-state index is 15.5. The second kappa shape index (κ2) is 9.95. The Bertz CT molecular complexity index is 1290. The first kappa shape index (κ1) is 24.9. The average Bonchev–Trinajstić information content (AvgIpc) is 3.57. The van der Waals surface area contributed by atoms with Gasteiger partial charge in [0, 0.05) is 30.6 Å². The van der Waals surface area contributed by atoms with E-state index in [9.17, 15) is 22.8 Å². The van der Waals surface area contributed by atoms with Crippen molar-refractivity contribution in [3.63, 3.8) is 0 Å². The molecule has 37 heavy (non-hydrogen) atoms. The van der Waals surface area contributed by atoms with Gasteiger partial charge in [0.1, 0.15) is 23.4 Å². The van der Waals surface area contributed by atoms with Crippen molar-refractivity contribution in [1.82, 2.24) is 20.3 Å². The number of H-pyrrole nitrogens is 1. The molecular formula is C26H25F4N5O2. The third kappa shape index (κ3) is 5.50. The number of aromatic nitrogens is 3. The van der Waals surface area contributed by atoms with Crippen molar-refractivity contribution in [2.75, 3.05) is 4.90 Å². The van der Waals surface area contributed by atoms with Gasteiger partial charge in [0.2, 0.25) is 11.8 Å². The van der Waals surface area contributed by atoms with Crippen molar-refractivity contribution in [2.45, 2.75) is 62.4 Å². The molecule has 2 aromatic heterocycles. The lowest BCUT2D eigenvalue weighted by Gasteiger charge is -2.34. The second-order valence-corrected chi connectivity index (χ2v) is 9.60. The molecule has 2 N–H and O–H groups in total. The van der Waals surface area contributed by atoms with Gasteiger partial charge in [-0.1, -0.05) is 6.07 Å². The Morgan fingerprint density at radius 3 is 2.41 bits per heavy atom. The van der Waals surface area contributed by atoms with Crippen LogP contribution in [0.2, 0.25) is 0 Å². The Kier molecular flexibility index (Phi) is 6.70. The van der Waals surface area contributed by atoms with Gasteiger partial charge >= 0.3 is 0 Å². The van der Waals surface area contributed by atoms with Crippen LogP contribution in [0.15, 0.2) is 49.2 Å². The third-order valence-electron chi connectivity index (χ3n) is 6.84. The van der Waals surface area contributed by atoms with E-state index in [0.29, 0.717) is 0 Å². The van der Waals surface area contributed by atoms with E-state index in [1.807, 2.05) is 0 Å². The van der Waals surface area contributed by atoms with Crippen LogP contribution in [0.1, 0.15) is 72.1 Å². The first-order valence-electron chi connectivity index (χ1n) is 12.1. The number of nitrogens with one attached hydrogen (secondary N) is 2. The number of carbonyl (C=O) groups excluding carboxylic acids is 2. The molecule has 5 rings (SSSR count). The van der Waals surface area contributed by atoms with Gasteiger partial charge in [0.05, 0.1) is 24.4 Å². The summed E-state index contributed by atoms with van der Waals surface area (Å²) in [7, 11) is 0. The average molecular weight is 516 g/mol. The number of carbonyl (C=O) groups is 2. The van der Waals surface area contributed by atoms with Crippen LogP contribution in [0, 0.1) is 11.6 Å². The monoisotopic (exact) mass is 515 g/mol. The lowest BCUT2D eigenvalue weighted by molar-refractivity contribution is -0.124. The van der Waals surface area contributed by atoms with E-state index in [1.165, 1.54) is 30.9 Å². The molecule has 1 unspecified atom stereocenters. The molecule has 7 nitrogen and oxygen atoms in total. The quantitative estimate of drug-likeness (QED) is 0.432. The molecule has 0 spiro atoms. The van der Waals surface area contributed by atoms with E-state index in [2.05, 4.69) is 20.3 Å². The first-order chi connectivity index (χ1) is 17.7. The van der Waals surface area contributed by atoms with Crippen molar-refractivity contribution in [3.05, 3.63) is 77.6 Å². The predicted octanol–water partition coefficient (Wildman–Crippen LogP) is 5.04. The molecular weight excluding hydrogens is 490 g/mol. The summed E-state index contributed by atoms with van der Waals surface area (Å²) in [5, 5.41) is 2.72. The molecule has 0 saturated heterocycles. The highest BCUT2D eigenvalue weighted by atomic mass is 19.3. The number of halogens is 4. The molecule has 3 aromatic rings. The van der Waals surface area contributed by atoms with Crippen molar-refractivity contribution in [2.24, 2.45) is 0 Å². The summed E-state index contributed by atoms with van der Waals surface area (Å²) in [4.78, 5) is 38.6. The number of pyridine rings is 1. The molecule has 2 aliphatic rings. The molecule has 2 amide bonds. The second-order valence-electron chi connectivity index (χ2n) is 9.60. The Labute approximate surface area is 210 Å². The largest absolute Gasteiger partial charge is 0.351 e. The minimum Gasteiger partial charge on any atom is -0.351 e.